The molecule has 0 saturated heterocycles. The van der Waals surface area contributed by atoms with Gasteiger partial charge in [0.25, 0.3) is 0 Å². The van der Waals surface area contributed by atoms with Crippen molar-refractivity contribution in [3.63, 3.8) is 0 Å². The summed E-state index contributed by atoms with van der Waals surface area (Å²) in [5, 5.41) is 5.55. The Morgan fingerprint density at radius 3 is 2.67 bits per heavy atom. The van der Waals surface area contributed by atoms with Gasteiger partial charge >= 0.3 is 0 Å². The van der Waals surface area contributed by atoms with Gasteiger partial charge in [-0.2, -0.15) is 0 Å². The second-order valence-corrected chi connectivity index (χ2v) is 5.20. The molecule has 1 aromatic carbocycles. The fourth-order valence-corrected chi connectivity index (χ4v) is 2.39. The molecule has 0 saturated carbocycles. The molecule has 0 bridgehead atoms. The Morgan fingerprint density at radius 1 is 1.33 bits per heavy atom. The van der Waals surface area contributed by atoms with Crippen molar-refractivity contribution in [2.45, 2.75) is 6.92 Å². The van der Waals surface area contributed by atoms with Crippen LogP contribution in [0, 0.1) is 0 Å². The molecule has 2 rings (SSSR count). The molecule has 1 aromatic rings. The van der Waals surface area contributed by atoms with Gasteiger partial charge < -0.3 is 10.1 Å². The van der Waals surface area contributed by atoms with Gasteiger partial charge in [0.2, 0.25) is 5.91 Å². The second-order valence-electron chi connectivity index (χ2n) is 4.34. The first-order valence-corrected chi connectivity index (χ1v) is 7.37. The van der Waals surface area contributed by atoms with Gasteiger partial charge in [0.15, 0.2) is 5.17 Å². The quantitative estimate of drug-likeness (QED) is 0.723. The van der Waals surface area contributed by atoms with E-state index in [9.17, 15) is 4.79 Å². The van der Waals surface area contributed by atoms with E-state index >= 15 is 0 Å². The lowest BCUT2D eigenvalue weighted by molar-refractivity contribution is -0.114. The van der Waals surface area contributed by atoms with Crippen LogP contribution in [0.1, 0.15) is 12.5 Å². The fraction of sp³-hybridized carbons (Fsp3) is 0.286. The van der Waals surface area contributed by atoms with Crippen molar-refractivity contribution in [2.75, 3.05) is 25.6 Å². The van der Waals surface area contributed by atoms with Gasteiger partial charge in [0.05, 0.1) is 18.8 Å². The third kappa shape index (κ3) is 4.80. The number of anilines is 1. The van der Waals surface area contributed by atoms with Crippen molar-refractivity contribution in [3.8, 4) is 0 Å². The number of nitrogens with one attached hydrogen (secondary N) is 3. The van der Waals surface area contributed by atoms with E-state index in [1.807, 2.05) is 29.7 Å². The molecular formula is C14H18N4O2S. The summed E-state index contributed by atoms with van der Waals surface area (Å²) in [6.45, 7) is 2.72. The number of hydrazine groups is 1. The third-order valence-corrected chi connectivity index (χ3v) is 3.47. The number of amides is 1. The van der Waals surface area contributed by atoms with Crippen LogP contribution in [0.15, 0.2) is 34.7 Å². The first-order chi connectivity index (χ1) is 10.2. The number of hydrogen-bond donors (Lipinski definition) is 3. The maximum absolute atomic E-state index is 11.0. The number of nitrogens with zero attached hydrogens (tertiary/aromatic N) is 1. The summed E-state index contributed by atoms with van der Waals surface area (Å²) in [5.74, 6) is -0.0770. The summed E-state index contributed by atoms with van der Waals surface area (Å²) in [6.07, 6.45) is 0. The van der Waals surface area contributed by atoms with Crippen LogP contribution in [0.4, 0.5) is 5.69 Å². The number of thioether (sulfide) groups is 1. The Morgan fingerprint density at radius 2 is 2.10 bits per heavy atom. The minimum Gasteiger partial charge on any atom is -0.383 e. The summed E-state index contributed by atoms with van der Waals surface area (Å²) in [5.41, 5.74) is 8.92. The van der Waals surface area contributed by atoms with Gasteiger partial charge in [0.1, 0.15) is 0 Å². The maximum atomic E-state index is 11.0. The van der Waals surface area contributed by atoms with E-state index in [2.05, 4.69) is 21.2 Å². The highest BCUT2D eigenvalue weighted by molar-refractivity contribution is 8.16. The molecular weight excluding hydrogens is 288 g/mol. The fourth-order valence-electron chi connectivity index (χ4n) is 1.69. The number of carbonyl (C=O) groups excluding carboxylic acids is 1. The Hall–Kier alpha value is -1.99. The summed E-state index contributed by atoms with van der Waals surface area (Å²) < 4.78 is 4.95. The van der Waals surface area contributed by atoms with Crippen LogP contribution in [0.3, 0.4) is 0 Å². The number of methoxy groups -OCH3 is 1. The molecule has 7 heteroatoms. The minimum absolute atomic E-state index is 0.0770. The van der Waals surface area contributed by atoms with Crippen molar-refractivity contribution in [3.05, 3.63) is 35.2 Å². The van der Waals surface area contributed by atoms with Crippen molar-refractivity contribution in [1.29, 1.82) is 0 Å². The molecule has 21 heavy (non-hydrogen) atoms. The molecule has 0 unspecified atom stereocenters. The van der Waals surface area contributed by atoms with Crippen molar-refractivity contribution in [2.24, 2.45) is 4.99 Å². The van der Waals surface area contributed by atoms with E-state index in [4.69, 9.17) is 4.74 Å². The van der Waals surface area contributed by atoms with Gasteiger partial charge in [0, 0.05) is 30.7 Å². The molecule has 112 valence electrons. The highest BCUT2D eigenvalue weighted by Gasteiger charge is 2.09. The predicted octanol–water partition coefficient (Wildman–Crippen LogP) is 1.79. The van der Waals surface area contributed by atoms with E-state index in [-0.39, 0.29) is 5.91 Å². The Balaban J connectivity index is 1.97. The Kier molecular flexibility index (Phi) is 5.65. The van der Waals surface area contributed by atoms with Crippen LogP contribution in [-0.2, 0) is 9.53 Å². The van der Waals surface area contributed by atoms with Crippen LogP contribution >= 0.6 is 11.8 Å². The molecule has 0 atom stereocenters. The molecule has 6 nitrogen and oxygen atoms in total. The van der Waals surface area contributed by atoms with Gasteiger partial charge in [-0.3, -0.25) is 20.6 Å². The van der Waals surface area contributed by atoms with Gasteiger partial charge in [-0.15, -0.1) is 0 Å². The lowest BCUT2D eigenvalue weighted by Crippen LogP contribution is -2.37. The number of amidine groups is 1. The largest absolute Gasteiger partial charge is 0.383 e. The van der Waals surface area contributed by atoms with Gasteiger partial charge in [-0.05, 0) is 12.1 Å². The molecule has 0 spiro atoms. The molecule has 1 aliphatic rings. The van der Waals surface area contributed by atoms with Crippen LogP contribution in [0.2, 0.25) is 0 Å². The first-order valence-electron chi connectivity index (χ1n) is 6.49. The number of rotatable bonds is 5. The zero-order chi connectivity index (χ0) is 15.1. The number of ether oxygens (including phenoxy) is 1. The third-order valence-electron chi connectivity index (χ3n) is 2.66. The number of carbonyl (C=O) groups is 1. The zero-order valence-corrected chi connectivity index (χ0v) is 12.8. The molecule has 0 aromatic heterocycles. The maximum Gasteiger partial charge on any atom is 0.221 e. The zero-order valence-electron chi connectivity index (χ0n) is 12.0. The Bertz CT molecular complexity index is 555. The first kappa shape index (κ1) is 15.4. The van der Waals surface area contributed by atoms with Gasteiger partial charge in [-0.25, -0.2) is 0 Å². The topological polar surface area (TPSA) is 74.8 Å². The Labute approximate surface area is 128 Å². The smallest absolute Gasteiger partial charge is 0.221 e. The van der Waals surface area contributed by atoms with E-state index in [0.29, 0.717) is 13.2 Å². The molecule has 0 aliphatic carbocycles. The summed E-state index contributed by atoms with van der Waals surface area (Å²) in [6, 6.07) is 7.62. The standard InChI is InChI=1S/C14H18N4O2S/c1-10(19)16-12-5-3-11(4-6-12)13-9-21-14(18-17-13)15-7-8-20-2/h3-6,9,17H,7-8H2,1-2H3,(H,15,18)(H,16,19). The summed E-state index contributed by atoms with van der Waals surface area (Å²) >= 11 is 1.52. The average molecular weight is 306 g/mol. The van der Waals surface area contributed by atoms with Crippen molar-refractivity contribution >= 4 is 34.2 Å². The predicted molar refractivity (Wildman–Crippen MR) is 86.8 cm³/mol. The van der Waals surface area contributed by atoms with E-state index < -0.39 is 0 Å². The monoisotopic (exact) mass is 306 g/mol. The van der Waals surface area contributed by atoms with Crippen LogP contribution in [0.25, 0.3) is 5.70 Å². The van der Waals surface area contributed by atoms with Gasteiger partial charge in [-0.1, -0.05) is 23.9 Å². The van der Waals surface area contributed by atoms with Crippen LogP contribution < -0.4 is 16.2 Å². The van der Waals surface area contributed by atoms with Crippen molar-refractivity contribution in [1.82, 2.24) is 10.9 Å². The van der Waals surface area contributed by atoms with Crippen LogP contribution in [0.5, 0.6) is 0 Å². The highest BCUT2D eigenvalue weighted by Crippen LogP contribution is 2.21. The van der Waals surface area contributed by atoms with E-state index in [0.717, 1.165) is 22.1 Å². The van der Waals surface area contributed by atoms with Crippen LogP contribution in [-0.4, -0.2) is 31.3 Å². The van der Waals surface area contributed by atoms with E-state index in [1.165, 1.54) is 18.7 Å². The number of aliphatic imine (C=N–C) groups is 1. The lowest BCUT2D eigenvalue weighted by atomic mass is 10.1. The number of benzene rings is 1. The minimum atomic E-state index is -0.0770. The lowest BCUT2D eigenvalue weighted by Gasteiger charge is -2.19. The molecule has 0 fully saturated rings. The SMILES string of the molecule is COCCN=C1NNC(c2ccc(NC(C)=O)cc2)=CS1. The van der Waals surface area contributed by atoms with Crippen molar-refractivity contribution < 1.29 is 9.53 Å². The molecule has 0 radical (unpaired) electrons. The molecule has 1 aliphatic heterocycles. The number of hydrogen-bond acceptors (Lipinski definition) is 5. The normalized spacial score (nSPS) is 15.9. The second kappa shape index (κ2) is 7.70. The molecule has 3 N–H and O–H groups in total. The highest BCUT2D eigenvalue weighted by atomic mass is 32.2. The molecule has 1 amide bonds. The molecule has 1 heterocycles. The average Bonchev–Trinajstić information content (AvgIpc) is 2.49. The summed E-state index contributed by atoms with van der Waals surface area (Å²) in [4.78, 5) is 15.3. The summed E-state index contributed by atoms with van der Waals surface area (Å²) in [7, 11) is 1.66. The van der Waals surface area contributed by atoms with E-state index in [1.54, 1.807) is 7.11 Å².